The molecule has 0 fully saturated rings. The van der Waals surface area contributed by atoms with Gasteiger partial charge in [-0.25, -0.2) is 4.79 Å². The van der Waals surface area contributed by atoms with Crippen molar-refractivity contribution in [1.29, 1.82) is 0 Å². The van der Waals surface area contributed by atoms with Crippen LogP contribution in [0.25, 0.3) is 0 Å². The third kappa shape index (κ3) is 10.3. The van der Waals surface area contributed by atoms with Gasteiger partial charge in [-0.2, -0.15) is 0 Å². The van der Waals surface area contributed by atoms with Crippen molar-refractivity contribution in [2.45, 2.75) is 74.6 Å². The fourth-order valence-corrected chi connectivity index (χ4v) is 6.00. The van der Waals surface area contributed by atoms with E-state index in [0.29, 0.717) is 5.56 Å². The van der Waals surface area contributed by atoms with Crippen molar-refractivity contribution < 1.29 is 9.90 Å². The molecule has 0 heterocycles. The maximum atomic E-state index is 10.6. The monoisotopic (exact) mass is 412 g/mol. The first-order valence-electron chi connectivity index (χ1n) is 8.37. The number of hydrogen-bond donors (Lipinski definition) is 1. The van der Waals surface area contributed by atoms with E-state index in [9.17, 15) is 4.79 Å². The van der Waals surface area contributed by atoms with Crippen LogP contribution >= 0.6 is 0 Å². The van der Waals surface area contributed by atoms with E-state index in [1.54, 1.807) is 21.0 Å². The Balaban J connectivity index is 0.000000433. The molecule has 22 heavy (non-hydrogen) atoms. The van der Waals surface area contributed by atoms with Gasteiger partial charge < -0.3 is 5.11 Å². The van der Waals surface area contributed by atoms with Gasteiger partial charge in [0.1, 0.15) is 0 Å². The molecule has 0 aliphatic carbocycles. The first-order valence-corrected chi connectivity index (χ1v) is 12.4. The minimum atomic E-state index is -0.875. The summed E-state index contributed by atoms with van der Waals surface area (Å²) in [5.41, 5.74) is 1.57. The van der Waals surface area contributed by atoms with E-state index in [0.717, 1.165) is 5.56 Å². The van der Waals surface area contributed by atoms with Gasteiger partial charge in [-0.05, 0) is 23.1 Å². The summed E-state index contributed by atoms with van der Waals surface area (Å²) >= 11 is 0.149. The second-order valence-electron chi connectivity index (χ2n) is 6.59. The molecule has 0 aliphatic rings. The average Bonchev–Trinajstić information content (AvgIpc) is 2.47. The molecule has 0 atom stereocenters. The molecule has 1 aromatic carbocycles. The van der Waals surface area contributed by atoms with Crippen LogP contribution in [0.3, 0.4) is 0 Å². The number of carbonyl (C=O) groups is 1. The van der Waals surface area contributed by atoms with Crippen LogP contribution in [0.2, 0.25) is 8.87 Å². The SMILES string of the molecule is CC(C)(C)c1ccc(C(=O)O)cc1.CCC[CH2][Sn][CH2]CCC. The Kier molecular flexibility index (Phi) is 11.7. The molecule has 1 rings (SSSR count). The Morgan fingerprint density at radius 3 is 1.77 bits per heavy atom. The number of benzene rings is 1. The molecule has 0 spiro atoms. The molecule has 0 bridgehead atoms. The first-order chi connectivity index (χ1) is 10.3. The normalized spacial score (nSPS) is 10.8. The molecule has 1 N–H and O–H groups in total. The molecule has 1 aromatic rings. The van der Waals surface area contributed by atoms with Gasteiger partial charge in [0.15, 0.2) is 0 Å². The molecule has 0 saturated heterocycles. The standard InChI is InChI=1S/C11H14O2.2C4H9.Sn/c1-11(2,3)9-6-4-8(5-7-9)10(12)13;2*1-3-4-2;/h4-7H,1-3H3,(H,12,13);2*1,3-4H2,2H3;. The zero-order chi connectivity index (χ0) is 17.0. The van der Waals surface area contributed by atoms with Crippen molar-refractivity contribution in [2.24, 2.45) is 0 Å². The first kappa shape index (κ1) is 21.5. The van der Waals surface area contributed by atoms with E-state index < -0.39 is 5.97 Å². The van der Waals surface area contributed by atoms with Crippen molar-refractivity contribution in [3.05, 3.63) is 35.4 Å². The van der Waals surface area contributed by atoms with Crippen LogP contribution in [0.4, 0.5) is 0 Å². The molecule has 2 radical (unpaired) electrons. The van der Waals surface area contributed by atoms with Crippen molar-refractivity contribution in [3.63, 3.8) is 0 Å². The molecule has 0 amide bonds. The Labute approximate surface area is 146 Å². The van der Waals surface area contributed by atoms with Crippen molar-refractivity contribution in [2.75, 3.05) is 0 Å². The summed E-state index contributed by atoms with van der Waals surface area (Å²) in [5.74, 6) is -0.875. The number of carboxylic acid groups (broad SMARTS) is 1. The Morgan fingerprint density at radius 1 is 1.00 bits per heavy atom. The van der Waals surface area contributed by atoms with Crippen molar-refractivity contribution in [1.82, 2.24) is 0 Å². The quantitative estimate of drug-likeness (QED) is 0.454. The molecule has 0 unspecified atom stereocenters. The van der Waals surface area contributed by atoms with Crippen LogP contribution in [0.1, 0.15) is 76.2 Å². The number of rotatable bonds is 7. The summed E-state index contributed by atoms with van der Waals surface area (Å²) in [4.78, 5) is 10.6. The van der Waals surface area contributed by atoms with E-state index in [4.69, 9.17) is 5.11 Å². The van der Waals surface area contributed by atoms with E-state index in [1.807, 2.05) is 12.1 Å². The van der Waals surface area contributed by atoms with Crippen LogP contribution < -0.4 is 0 Å². The molecule has 0 aromatic heterocycles. The molecular formula is C19H32O2Sn. The van der Waals surface area contributed by atoms with Gasteiger partial charge >= 0.3 is 75.5 Å². The number of carboxylic acids is 1. The van der Waals surface area contributed by atoms with Gasteiger partial charge in [0, 0.05) is 0 Å². The summed E-state index contributed by atoms with van der Waals surface area (Å²) in [7, 11) is 0. The molecular weight excluding hydrogens is 379 g/mol. The van der Waals surface area contributed by atoms with E-state index in [2.05, 4.69) is 34.6 Å². The molecule has 0 aliphatic heterocycles. The molecule has 124 valence electrons. The second-order valence-corrected chi connectivity index (χ2v) is 10.9. The summed E-state index contributed by atoms with van der Waals surface area (Å²) < 4.78 is 3.25. The number of aromatic carboxylic acids is 1. The Morgan fingerprint density at radius 2 is 1.45 bits per heavy atom. The second kappa shape index (κ2) is 12.0. The van der Waals surface area contributed by atoms with Gasteiger partial charge in [0.2, 0.25) is 0 Å². The zero-order valence-electron chi connectivity index (χ0n) is 14.9. The van der Waals surface area contributed by atoms with Crippen LogP contribution in [-0.4, -0.2) is 32.2 Å². The number of unbranched alkanes of at least 4 members (excludes halogenated alkanes) is 2. The Hall–Kier alpha value is -0.511. The van der Waals surface area contributed by atoms with Crippen LogP contribution in [0.15, 0.2) is 24.3 Å². The van der Waals surface area contributed by atoms with Crippen LogP contribution in [-0.2, 0) is 5.41 Å². The summed E-state index contributed by atoms with van der Waals surface area (Å²) in [6.07, 6.45) is 5.84. The minimum absolute atomic E-state index is 0.0804. The van der Waals surface area contributed by atoms with Crippen molar-refractivity contribution >= 4 is 27.1 Å². The molecule has 0 saturated carbocycles. The predicted octanol–water partition coefficient (Wildman–Crippen LogP) is 5.81. The maximum absolute atomic E-state index is 10.6. The summed E-state index contributed by atoms with van der Waals surface area (Å²) in [5, 5.41) is 8.68. The fraction of sp³-hybridized carbons (Fsp3) is 0.632. The van der Waals surface area contributed by atoms with E-state index in [1.165, 1.54) is 25.7 Å². The third-order valence-corrected chi connectivity index (χ3v) is 7.45. The topological polar surface area (TPSA) is 37.3 Å². The molecule has 2 nitrogen and oxygen atoms in total. The van der Waals surface area contributed by atoms with Crippen molar-refractivity contribution in [3.8, 4) is 0 Å². The Bertz CT molecular complexity index is 398. The summed E-state index contributed by atoms with van der Waals surface area (Å²) in [6, 6.07) is 7.01. The van der Waals surface area contributed by atoms with Gasteiger partial charge in [-0.3, -0.25) is 0 Å². The van der Waals surface area contributed by atoms with Gasteiger partial charge in [-0.1, -0.05) is 32.9 Å². The summed E-state index contributed by atoms with van der Waals surface area (Å²) in [6.45, 7) is 10.9. The zero-order valence-corrected chi connectivity index (χ0v) is 17.8. The van der Waals surface area contributed by atoms with E-state index in [-0.39, 0.29) is 26.6 Å². The van der Waals surface area contributed by atoms with Gasteiger partial charge in [-0.15, -0.1) is 0 Å². The van der Waals surface area contributed by atoms with Gasteiger partial charge in [0.05, 0.1) is 5.56 Å². The average molecular weight is 411 g/mol. The number of hydrogen-bond acceptors (Lipinski definition) is 1. The predicted molar refractivity (Wildman–Crippen MR) is 97.3 cm³/mol. The molecule has 3 heteroatoms. The fourth-order valence-electron chi connectivity index (χ4n) is 1.84. The van der Waals surface area contributed by atoms with Crippen LogP contribution in [0, 0.1) is 0 Å². The van der Waals surface area contributed by atoms with Gasteiger partial charge in [0.25, 0.3) is 0 Å². The van der Waals surface area contributed by atoms with E-state index >= 15 is 0 Å². The van der Waals surface area contributed by atoms with Crippen LogP contribution in [0.5, 0.6) is 0 Å². The third-order valence-electron chi connectivity index (χ3n) is 3.41.